The van der Waals surface area contributed by atoms with Gasteiger partial charge in [0.05, 0.1) is 4.92 Å². The molecule has 4 heteroatoms. The van der Waals surface area contributed by atoms with E-state index in [1.165, 1.54) is 17.7 Å². The second kappa shape index (κ2) is 7.43. The quantitative estimate of drug-likeness (QED) is 0.605. The van der Waals surface area contributed by atoms with Gasteiger partial charge in [0, 0.05) is 23.9 Å². The lowest BCUT2D eigenvalue weighted by molar-refractivity contribution is -0.384. The van der Waals surface area contributed by atoms with Crippen LogP contribution in [0, 0.1) is 10.1 Å². The first kappa shape index (κ1) is 15.0. The van der Waals surface area contributed by atoms with Gasteiger partial charge in [-0.1, -0.05) is 43.7 Å². The van der Waals surface area contributed by atoms with Gasteiger partial charge in [-0.05, 0) is 30.5 Å². The van der Waals surface area contributed by atoms with Crippen molar-refractivity contribution < 1.29 is 4.92 Å². The Hall–Kier alpha value is -2.36. The molecular weight excluding hydrogens is 264 g/mol. The van der Waals surface area contributed by atoms with Crippen molar-refractivity contribution in [3.63, 3.8) is 0 Å². The minimum absolute atomic E-state index is 0.121. The maximum atomic E-state index is 10.7. The van der Waals surface area contributed by atoms with Crippen LogP contribution in [0.3, 0.4) is 0 Å². The molecule has 1 unspecified atom stereocenters. The summed E-state index contributed by atoms with van der Waals surface area (Å²) in [6, 6.07) is 17.3. The Labute approximate surface area is 125 Å². The van der Waals surface area contributed by atoms with Crippen molar-refractivity contribution in [1.29, 1.82) is 0 Å². The second-order valence-electron chi connectivity index (χ2n) is 5.12. The number of non-ortho nitro benzene ring substituents is 1. The van der Waals surface area contributed by atoms with Crippen LogP contribution < -0.4 is 5.32 Å². The predicted octanol–water partition coefficient (Wildman–Crippen LogP) is 4.42. The molecule has 21 heavy (non-hydrogen) atoms. The molecule has 0 aromatic heterocycles. The molecule has 0 aliphatic rings. The summed E-state index contributed by atoms with van der Waals surface area (Å²) in [6.45, 7) is 2.16. The number of nitrogens with zero attached hydrogens (tertiary/aromatic N) is 1. The molecule has 0 heterocycles. The van der Waals surface area contributed by atoms with Crippen molar-refractivity contribution in [3.05, 3.63) is 70.3 Å². The highest BCUT2D eigenvalue weighted by Crippen LogP contribution is 2.18. The van der Waals surface area contributed by atoms with Crippen molar-refractivity contribution in [3.8, 4) is 0 Å². The lowest BCUT2D eigenvalue weighted by Gasteiger charge is -2.19. The van der Waals surface area contributed by atoms with Crippen LogP contribution in [0.5, 0.6) is 0 Å². The molecule has 0 bridgehead atoms. The normalized spacial score (nSPS) is 11.9. The van der Waals surface area contributed by atoms with Gasteiger partial charge in [0.2, 0.25) is 0 Å². The minimum Gasteiger partial charge on any atom is -0.382 e. The van der Waals surface area contributed by atoms with Gasteiger partial charge in [-0.25, -0.2) is 0 Å². The molecule has 0 saturated carbocycles. The third-order valence-electron chi connectivity index (χ3n) is 3.41. The van der Waals surface area contributed by atoms with Gasteiger partial charge < -0.3 is 5.32 Å². The first-order valence-electron chi connectivity index (χ1n) is 7.24. The molecule has 2 aromatic carbocycles. The van der Waals surface area contributed by atoms with E-state index < -0.39 is 0 Å². The van der Waals surface area contributed by atoms with Crippen LogP contribution in [0.15, 0.2) is 54.6 Å². The monoisotopic (exact) mass is 284 g/mol. The summed E-state index contributed by atoms with van der Waals surface area (Å²) in [5, 5.41) is 14.1. The zero-order valence-corrected chi connectivity index (χ0v) is 12.2. The molecule has 2 aromatic rings. The largest absolute Gasteiger partial charge is 0.382 e. The molecule has 0 spiro atoms. The Balaban J connectivity index is 2.03. The SMILES string of the molecule is CCCC(Cc1ccccc1)Nc1ccc([N+](=O)[O-])cc1. The lowest BCUT2D eigenvalue weighted by atomic mass is 10.0. The van der Waals surface area contributed by atoms with Crippen LogP contribution in [-0.4, -0.2) is 11.0 Å². The van der Waals surface area contributed by atoms with Gasteiger partial charge >= 0.3 is 0 Å². The topological polar surface area (TPSA) is 55.2 Å². The Morgan fingerprint density at radius 3 is 2.33 bits per heavy atom. The zero-order chi connectivity index (χ0) is 15.1. The molecule has 0 aliphatic heterocycles. The van der Waals surface area contributed by atoms with Gasteiger partial charge in [0.15, 0.2) is 0 Å². The Kier molecular flexibility index (Phi) is 5.32. The highest BCUT2D eigenvalue weighted by Gasteiger charge is 2.10. The van der Waals surface area contributed by atoms with Gasteiger partial charge in [-0.15, -0.1) is 0 Å². The zero-order valence-electron chi connectivity index (χ0n) is 12.2. The molecule has 0 amide bonds. The number of hydrogen-bond donors (Lipinski definition) is 1. The average molecular weight is 284 g/mol. The summed E-state index contributed by atoms with van der Waals surface area (Å²) in [5.74, 6) is 0. The van der Waals surface area contributed by atoms with Gasteiger partial charge in [0.1, 0.15) is 0 Å². The van der Waals surface area contributed by atoms with Crippen molar-refractivity contribution >= 4 is 11.4 Å². The Bertz CT molecular complexity index is 567. The molecule has 0 saturated heterocycles. The Morgan fingerprint density at radius 2 is 1.76 bits per heavy atom. The predicted molar refractivity (Wildman–Crippen MR) is 85.6 cm³/mol. The number of nitrogens with one attached hydrogen (secondary N) is 1. The van der Waals surface area contributed by atoms with E-state index >= 15 is 0 Å². The molecule has 1 N–H and O–H groups in total. The molecule has 1 atom stereocenters. The van der Waals surface area contributed by atoms with E-state index in [1.807, 2.05) is 18.2 Å². The van der Waals surface area contributed by atoms with Crippen molar-refractivity contribution in [2.24, 2.45) is 0 Å². The fourth-order valence-electron chi connectivity index (χ4n) is 2.39. The number of benzene rings is 2. The molecule has 110 valence electrons. The summed E-state index contributed by atoms with van der Waals surface area (Å²) in [4.78, 5) is 10.3. The van der Waals surface area contributed by atoms with Gasteiger partial charge in [-0.3, -0.25) is 10.1 Å². The smallest absolute Gasteiger partial charge is 0.269 e. The van der Waals surface area contributed by atoms with E-state index in [4.69, 9.17) is 0 Å². The highest BCUT2D eigenvalue weighted by atomic mass is 16.6. The summed E-state index contributed by atoms with van der Waals surface area (Å²) >= 11 is 0. The molecule has 0 fully saturated rings. The first-order chi connectivity index (χ1) is 10.2. The fraction of sp³-hybridized carbons (Fsp3) is 0.294. The Morgan fingerprint density at radius 1 is 1.10 bits per heavy atom. The highest BCUT2D eigenvalue weighted by molar-refractivity contribution is 5.49. The van der Waals surface area contributed by atoms with Crippen molar-refractivity contribution in [2.45, 2.75) is 32.2 Å². The number of nitro groups is 1. The summed E-state index contributed by atoms with van der Waals surface area (Å²) in [7, 11) is 0. The maximum absolute atomic E-state index is 10.7. The molecule has 0 radical (unpaired) electrons. The molecule has 0 aliphatic carbocycles. The average Bonchev–Trinajstić information content (AvgIpc) is 2.49. The summed E-state index contributed by atoms with van der Waals surface area (Å²) in [5.41, 5.74) is 2.34. The van der Waals surface area contributed by atoms with E-state index in [9.17, 15) is 10.1 Å². The fourth-order valence-corrected chi connectivity index (χ4v) is 2.39. The standard InChI is InChI=1S/C17H20N2O2/c1-2-6-16(13-14-7-4-3-5-8-14)18-15-9-11-17(12-10-15)19(20)21/h3-5,7-12,16,18H,2,6,13H2,1H3. The van der Waals surface area contributed by atoms with Crippen LogP contribution >= 0.6 is 0 Å². The molecule has 2 rings (SSSR count). The van der Waals surface area contributed by atoms with E-state index in [-0.39, 0.29) is 10.6 Å². The van der Waals surface area contributed by atoms with E-state index in [0.29, 0.717) is 6.04 Å². The summed E-state index contributed by atoms with van der Waals surface area (Å²) < 4.78 is 0. The third kappa shape index (κ3) is 4.60. The van der Waals surface area contributed by atoms with Crippen LogP contribution in [-0.2, 0) is 6.42 Å². The second-order valence-corrected chi connectivity index (χ2v) is 5.12. The van der Waals surface area contributed by atoms with Crippen LogP contribution in [0.4, 0.5) is 11.4 Å². The third-order valence-corrected chi connectivity index (χ3v) is 3.41. The number of rotatable bonds is 7. The number of hydrogen-bond acceptors (Lipinski definition) is 3. The van der Waals surface area contributed by atoms with Crippen LogP contribution in [0.1, 0.15) is 25.3 Å². The molecular formula is C17H20N2O2. The summed E-state index contributed by atoms with van der Waals surface area (Å²) in [6.07, 6.45) is 3.11. The first-order valence-corrected chi connectivity index (χ1v) is 7.24. The maximum Gasteiger partial charge on any atom is 0.269 e. The van der Waals surface area contributed by atoms with E-state index in [0.717, 1.165) is 24.9 Å². The van der Waals surface area contributed by atoms with Gasteiger partial charge in [-0.2, -0.15) is 0 Å². The van der Waals surface area contributed by atoms with Crippen molar-refractivity contribution in [1.82, 2.24) is 0 Å². The minimum atomic E-state index is -0.378. The van der Waals surface area contributed by atoms with Crippen molar-refractivity contribution in [2.75, 3.05) is 5.32 Å². The van der Waals surface area contributed by atoms with Crippen LogP contribution in [0.25, 0.3) is 0 Å². The number of anilines is 1. The van der Waals surface area contributed by atoms with Crippen LogP contribution in [0.2, 0.25) is 0 Å². The van der Waals surface area contributed by atoms with Gasteiger partial charge in [0.25, 0.3) is 5.69 Å². The molecule has 4 nitrogen and oxygen atoms in total. The lowest BCUT2D eigenvalue weighted by Crippen LogP contribution is -2.22. The number of nitro benzene ring substituents is 1. The van der Waals surface area contributed by atoms with E-state index in [1.54, 1.807) is 12.1 Å². The van der Waals surface area contributed by atoms with E-state index in [2.05, 4.69) is 24.4 Å².